The van der Waals surface area contributed by atoms with Crippen molar-refractivity contribution < 1.29 is 52.0 Å². The van der Waals surface area contributed by atoms with E-state index in [2.05, 4.69) is 13.8 Å². The zero-order valence-electron chi connectivity index (χ0n) is 39.1. The number of esters is 2. The maximum absolute atomic E-state index is 12.8. The van der Waals surface area contributed by atoms with E-state index in [1.807, 2.05) is 35.0 Å². The van der Waals surface area contributed by atoms with Crippen LogP contribution in [-0.2, 0) is 37.4 Å². The number of phosphoric ester groups is 1. The number of ether oxygens (including phenoxy) is 3. The number of nitrogens with zero attached hydrogens (tertiary/aromatic N) is 2. The molecule has 2 N–H and O–H groups in total. The van der Waals surface area contributed by atoms with E-state index >= 15 is 0 Å². The third kappa shape index (κ3) is 29.0. The van der Waals surface area contributed by atoms with E-state index in [1.165, 1.54) is 108 Å². The molecule has 0 spiro atoms. The van der Waals surface area contributed by atoms with Crippen LogP contribution in [0.25, 0.3) is 0 Å². The van der Waals surface area contributed by atoms with Gasteiger partial charge in [-0.1, -0.05) is 155 Å². The fourth-order valence-corrected chi connectivity index (χ4v) is 8.32. The number of phosphoric acid groups is 1. The zero-order chi connectivity index (χ0) is 43.9. The average molecular weight is 864 g/mol. The van der Waals surface area contributed by atoms with Crippen LogP contribution in [0, 0.1) is 0 Å². The van der Waals surface area contributed by atoms with Crippen LogP contribution in [0.1, 0.15) is 214 Å². The van der Waals surface area contributed by atoms with Crippen LogP contribution in [0.2, 0.25) is 0 Å². The number of hydroxylamine groups is 2. The number of hydrogen-bond donors (Lipinski definition) is 2. The van der Waals surface area contributed by atoms with Gasteiger partial charge >= 0.3 is 19.8 Å². The van der Waals surface area contributed by atoms with E-state index in [0.717, 1.165) is 64.2 Å². The molecule has 0 aromatic rings. The van der Waals surface area contributed by atoms with Gasteiger partial charge in [0.2, 0.25) is 0 Å². The van der Waals surface area contributed by atoms with E-state index in [9.17, 15) is 24.3 Å². The Labute approximate surface area is 361 Å². The summed E-state index contributed by atoms with van der Waals surface area (Å²) in [6, 6.07) is 0. The average Bonchev–Trinajstić information content (AvgIpc) is 3.41. The quantitative estimate of drug-likeness (QED) is 0.0263. The van der Waals surface area contributed by atoms with E-state index < -0.39 is 32.2 Å². The summed E-state index contributed by atoms with van der Waals surface area (Å²) in [5, 5.41) is 12.1. The molecule has 0 aromatic carbocycles. The number of rotatable bonds is 40. The second-order valence-electron chi connectivity index (χ2n) is 18.9. The summed E-state index contributed by atoms with van der Waals surface area (Å²) in [4.78, 5) is 35.5. The zero-order valence-corrected chi connectivity index (χ0v) is 40.0. The van der Waals surface area contributed by atoms with Crippen LogP contribution in [0.15, 0.2) is 0 Å². The molecule has 0 saturated carbocycles. The lowest BCUT2D eigenvalue weighted by atomic mass is 9.98. The van der Waals surface area contributed by atoms with Crippen molar-refractivity contribution in [3.05, 3.63) is 0 Å². The minimum atomic E-state index is -4.39. The first kappa shape index (κ1) is 55.9. The van der Waals surface area contributed by atoms with Gasteiger partial charge < -0.3 is 28.8 Å². The number of carbonyl (C=O) groups excluding carboxylic acids is 2. The highest BCUT2D eigenvalue weighted by molar-refractivity contribution is 7.47. The fraction of sp³-hybridized carbons (Fsp3) is 0.957. The van der Waals surface area contributed by atoms with Crippen molar-refractivity contribution in [1.29, 1.82) is 0 Å². The predicted molar refractivity (Wildman–Crippen MR) is 237 cm³/mol. The smallest absolute Gasteiger partial charge is 0.462 e. The highest BCUT2D eigenvalue weighted by Gasteiger charge is 2.50. The van der Waals surface area contributed by atoms with Crippen molar-refractivity contribution in [1.82, 2.24) is 5.06 Å². The molecule has 12 nitrogen and oxygen atoms in total. The van der Waals surface area contributed by atoms with Crippen LogP contribution in [0.5, 0.6) is 0 Å². The summed E-state index contributed by atoms with van der Waals surface area (Å²) in [6.45, 7) is 8.81. The number of unbranched alkanes of at least 4 members (excludes halogenated alkanes) is 23. The standard InChI is InChI=1S/C46H91N2O10P/c1-8-10-11-12-13-14-15-16-19-22-25-28-31-34-43(49)54-39-42(40-57-59(52,53)56-38-37-48(5,6)7)58-44(50)35-32-29-26-23-20-17-18-21-24-27-30-33-36-46(9-2)47(51)45(3,4)41-55-46/h42,51H,8-41H2,1-7H3/p+1/t42-,46?/m1/s1. The van der Waals surface area contributed by atoms with Gasteiger partial charge in [0.05, 0.1) is 39.9 Å². The Morgan fingerprint density at radius 2 is 1.12 bits per heavy atom. The minimum absolute atomic E-state index is 0.0246. The lowest BCUT2D eigenvalue weighted by Crippen LogP contribution is -2.49. The first-order valence-corrected chi connectivity index (χ1v) is 25.5. The summed E-state index contributed by atoms with van der Waals surface area (Å²) in [7, 11) is 1.45. The topological polar surface area (TPSA) is 141 Å². The SMILES string of the molecule is CCCCCCCCCCCCCCCC(=O)OC[C@H](COP(=O)(O)OCC[N+](C)(C)C)OC(=O)CCCCCCCCCCCCCCC1(CC)OCC(C)(C)N1O. The number of quaternary nitrogens is 1. The third-order valence-electron chi connectivity index (χ3n) is 11.6. The van der Waals surface area contributed by atoms with Crippen molar-refractivity contribution in [2.45, 2.75) is 231 Å². The first-order chi connectivity index (χ1) is 28.1. The molecule has 2 unspecified atom stereocenters. The van der Waals surface area contributed by atoms with Gasteiger partial charge in [-0.05, 0) is 46.0 Å². The molecule has 3 atom stereocenters. The molecule has 0 amide bonds. The highest BCUT2D eigenvalue weighted by atomic mass is 31.2. The van der Waals surface area contributed by atoms with Gasteiger partial charge in [-0.3, -0.25) is 18.6 Å². The molecule has 350 valence electrons. The second kappa shape index (κ2) is 32.5. The van der Waals surface area contributed by atoms with Crippen LogP contribution in [0.4, 0.5) is 0 Å². The van der Waals surface area contributed by atoms with E-state index in [0.29, 0.717) is 24.1 Å². The molecule has 0 bridgehead atoms. The van der Waals surface area contributed by atoms with Crippen molar-refractivity contribution in [2.24, 2.45) is 0 Å². The molecule has 1 aliphatic rings. The Balaban J connectivity index is 2.26. The number of carbonyl (C=O) groups is 2. The van der Waals surface area contributed by atoms with Gasteiger partial charge in [-0.25, -0.2) is 4.57 Å². The van der Waals surface area contributed by atoms with Gasteiger partial charge in [-0.15, -0.1) is 0 Å². The highest BCUT2D eigenvalue weighted by Crippen LogP contribution is 2.43. The summed E-state index contributed by atoms with van der Waals surface area (Å²) in [5.41, 5.74) is -0.860. The second-order valence-corrected chi connectivity index (χ2v) is 20.3. The van der Waals surface area contributed by atoms with Gasteiger partial charge in [0.25, 0.3) is 0 Å². The Bertz CT molecular complexity index is 1120. The van der Waals surface area contributed by atoms with E-state index in [-0.39, 0.29) is 37.6 Å². The molecule has 1 rings (SSSR count). The van der Waals surface area contributed by atoms with Crippen LogP contribution in [-0.4, -0.2) is 103 Å². The van der Waals surface area contributed by atoms with Crippen LogP contribution < -0.4 is 0 Å². The predicted octanol–water partition coefficient (Wildman–Crippen LogP) is 11.8. The lowest BCUT2D eigenvalue weighted by molar-refractivity contribution is -0.870. The summed E-state index contributed by atoms with van der Waals surface area (Å²) >= 11 is 0. The molecule has 0 radical (unpaired) electrons. The van der Waals surface area contributed by atoms with Crippen LogP contribution >= 0.6 is 7.82 Å². The van der Waals surface area contributed by atoms with Crippen molar-refractivity contribution in [3.8, 4) is 0 Å². The molecular formula is C46H92N2O10P+. The molecule has 13 heteroatoms. The van der Waals surface area contributed by atoms with E-state index in [4.69, 9.17) is 23.3 Å². The summed E-state index contributed by atoms with van der Waals surface area (Å²) < 4.78 is 40.4. The molecule has 0 aromatic heterocycles. The summed E-state index contributed by atoms with van der Waals surface area (Å²) in [5.74, 6) is -0.817. The molecule has 0 aliphatic carbocycles. The molecule has 1 heterocycles. The molecule has 1 fully saturated rings. The van der Waals surface area contributed by atoms with Crippen LogP contribution in [0.3, 0.4) is 0 Å². The maximum Gasteiger partial charge on any atom is 0.472 e. The van der Waals surface area contributed by atoms with Crippen molar-refractivity contribution >= 4 is 19.8 Å². The maximum atomic E-state index is 12.8. The van der Waals surface area contributed by atoms with Gasteiger partial charge in [0, 0.05) is 12.8 Å². The molecule has 1 aliphatic heterocycles. The largest absolute Gasteiger partial charge is 0.472 e. The Hall–Kier alpha value is -1.11. The van der Waals surface area contributed by atoms with E-state index in [1.54, 1.807) is 0 Å². The Kier molecular flexibility index (Phi) is 30.8. The van der Waals surface area contributed by atoms with Gasteiger partial charge in [-0.2, -0.15) is 5.06 Å². The monoisotopic (exact) mass is 864 g/mol. The van der Waals surface area contributed by atoms with Gasteiger partial charge in [0.1, 0.15) is 25.5 Å². The number of likely N-dealkylation sites (N-methyl/N-ethyl adjacent to an activating group) is 1. The normalized spacial score (nSPS) is 18.5. The van der Waals surface area contributed by atoms with Gasteiger partial charge in [0.15, 0.2) is 6.10 Å². The summed E-state index contributed by atoms with van der Waals surface area (Å²) in [6.07, 6.45) is 30.4. The lowest BCUT2D eigenvalue weighted by Gasteiger charge is -2.36. The first-order valence-electron chi connectivity index (χ1n) is 24.0. The fourth-order valence-electron chi connectivity index (χ4n) is 7.58. The third-order valence-corrected chi connectivity index (χ3v) is 12.5. The Morgan fingerprint density at radius 1 is 0.678 bits per heavy atom. The van der Waals surface area contributed by atoms with Crippen molar-refractivity contribution in [3.63, 3.8) is 0 Å². The molecule has 1 saturated heterocycles. The van der Waals surface area contributed by atoms with Crippen molar-refractivity contribution in [2.75, 3.05) is 54.1 Å². The minimum Gasteiger partial charge on any atom is -0.462 e. The molecular weight excluding hydrogens is 771 g/mol. The Morgan fingerprint density at radius 3 is 1.54 bits per heavy atom. The molecule has 59 heavy (non-hydrogen) atoms. The number of hydrogen-bond acceptors (Lipinski definition) is 10.